The highest BCUT2D eigenvalue weighted by Gasteiger charge is 2.23. The number of nitrogens with one attached hydrogen (secondary N) is 3. The van der Waals surface area contributed by atoms with Gasteiger partial charge < -0.3 is 15.6 Å². The number of aryl methyl sites for hydroxylation is 1. The molecule has 1 aromatic heterocycles. The van der Waals surface area contributed by atoms with Crippen molar-refractivity contribution in [2.75, 3.05) is 0 Å². The highest BCUT2D eigenvalue weighted by Crippen LogP contribution is 2.23. The van der Waals surface area contributed by atoms with E-state index < -0.39 is 5.54 Å². The minimum atomic E-state index is -0.580. The molecule has 0 bridgehead atoms. The number of carbonyl (C=O) groups excluding carboxylic acids is 1. The fourth-order valence-electron chi connectivity index (χ4n) is 3.24. The molecule has 3 rings (SSSR count). The molecule has 29 heavy (non-hydrogen) atoms. The van der Waals surface area contributed by atoms with Crippen LogP contribution < -0.4 is 16.2 Å². The van der Waals surface area contributed by atoms with Crippen LogP contribution in [0, 0.1) is 6.92 Å². The lowest BCUT2D eigenvalue weighted by Crippen LogP contribution is -2.46. The number of H-pyrrole nitrogens is 1. The average Bonchev–Trinajstić information content (AvgIpc) is 2.66. The number of amides is 2. The van der Waals surface area contributed by atoms with E-state index >= 15 is 0 Å². The van der Waals surface area contributed by atoms with Gasteiger partial charge in [0.2, 0.25) is 0 Å². The summed E-state index contributed by atoms with van der Waals surface area (Å²) < 4.78 is 0. The smallest absolute Gasteiger partial charge is 0.315 e. The molecular formula is C24H27N3O2. The highest BCUT2D eigenvalue weighted by atomic mass is 16.2. The lowest BCUT2D eigenvalue weighted by molar-refractivity contribution is 0.229. The standard InChI is InChI=1S/C24H27N3O2/c1-15(2)17-7-6-8-20(13-17)24(4,5)27-23(29)25-14-19-12-18-10-9-16(3)11-21(18)26-22(19)28/h6-13H,1,14H2,2-5H3,(H,26,28)(H2,25,27,29). The maximum atomic E-state index is 12.5. The summed E-state index contributed by atoms with van der Waals surface area (Å²) in [5.74, 6) is 0. The number of allylic oxidation sites excluding steroid dienone is 1. The van der Waals surface area contributed by atoms with Crippen molar-refractivity contribution in [3.05, 3.63) is 87.7 Å². The van der Waals surface area contributed by atoms with Crippen molar-refractivity contribution < 1.29 is 4.79 Å². The summed E-state index contributed by atoms with van der Waals surface area (Å²) in [6, 6.07) is 15.3. The molecule has 150 valence electrons. The molecule has 0 fully saturated rings. The third-order valence-corrected chi connectivity index (χ3v) is 5.02. The summed E-state index contributed by atoms with van der Waals surface area (Å²) in [6.07, 6.45) is 0. The van der Waals surface area contributed by atoms with Gasteiger partial charge in [-0.2, -0.15) is 0 Å². The molecule has 0 unspecified atom stereocenters. The van der Waals surface area contributed by atoms with E-state index in [0.717, 1.165) is 33.2 Å². The lowest BCUT2D eigenvalue weighted by Gasteiger charge is -2.27. The Morgan fingerprint density at radius 3 is 2.62 bits per heavy atom. The second-order valence-corrected chi connectivity index (χ2v) is 8.01. The molecule has 3 aromatic rings. The zero-order chi connectivity index (χ0) is 21.2. The van der Waals surface area contributed by atoms with Crippen LogP contribution in [0.25, 0.3) is 16.5 Å². The van der Waals surface area contributed by atoms with Gasteiger partial charge in [0.05, 0.1) is 5.54 Å². The summed E-state index contributed by atoms with van der Waals surface area (Å²) in [5, 5.41) is 6.71. The minimum absolute atomic E-state index is 0.146. The van der Waals surface area contributed by atoms with Gasteiger partial charge in [-0.3, -0.25) is 4.79 Å². The maximum absolute atomic E-state index is 12.5. The molecule has 0 saturated heterocycles. The molecule has 1 heterocycles. The topological polar surface area (TPSA) is 74.0 Å². The Balaban J connectivity index is 1.71. The summed E-state index contributed by atoms with van der Waals surface area (Å²) in [6.45, 7) is 11.9. The zero-order valence-corrected chi connectivity index (χ0v) is 17.3. The number of carbonyl (C=O) groups is 1. The first kappa shape index (κ1) is 20.4. The molecule has 0 atom stereocenters. The molecule has 0 radical (unpaired) electrons. The molecule has 2 amide bonds. The SMILES string of the molecule is C=C(C)c1cccc(C(C)(C)NC(=O)NCc2cc3ccc(C)cc3[nH]c2=O)c1. The molecule has 5 heteroatoms. The minimum Gasteiger partial charge on any atom is -0.334 e. The average molecular weight is 389 g/mol. The Morgan fingerprint density at radius 1 is 1.14 bits per heavy atom. The van der Waals surface area contributed by atoms with Gasteiger partial charge in [0.15, 0.2) is 0 Å². The van der Waals surface area contributed by atoms with Crippen molar-refractivity contribution in [2.45, 2.75) is 39.8 Å². The van der Waals surface area contributed by atoms with Crippen molar-refractivity contribution >= 4 is 22.5 Å². The van der Waals surface area contributed by atoms with Crippen LogP contribution in [0.5, 0.6) is 0 Å². The van der Waals surface area contributed by atoms with Crippen molar-refractivity contribution in [2.24, 2.45) is 0 Å². The molecule has 0 aliphatic heterocycles. The van der Waals surface area contributed by atoms with E-state index in [2.05, 4.69) is 22.2 Å². The molecule has 5 nitrogen and oxygen atoms in total. The predicted molar refractivity (Wildman–Crippen MR) is 119 cm³/mol. The van der Waals surface area contributed by atoms with Gasteiger partial charge in [0, 0.05) is 17.6 Å². The quantitative estimate of drug-likeness (QED) is 0.596. The van der Waals surface area contributed by atoms with Gasteiger partial charge in [-0.05, 0) is 68.0 Å². The molecule has 0 saturated carbocycles. The Morgan fingerprint density at radius 2 is 1.90 bits per heavy atom. The van der Waals surface area contributed by atoms with Crippen LogP contribution in [0.3, 0.4) is 0 Å². The maximum Gasteiger partial charge on any atom is 0.315 e. The third-order valence-electron chi connectivity index (χ3n) is 5.02. The number of hydrogen-bond acceptors (Lipinski definition) is 2. The summed E-state index contributed by atoms with van der Waals surface area (Å²) in [4.78, 5) is 27.7. The van der Waals surface area contributed by atoms with E-state index in [1.807, 2.05) is 76.2 Å². The number of aromatic nitrogens is 1. The number of rotatable bonds is 5. The van der Waals surface area contributed by atoms with Crippen LogP contribution in [0.4, 0.5) is 4.79 Å². The number of pyridine rings is 1. The van der Waals surface area contributed by atoms with Crippen molar-refractivity contribution in [1.29, 1.82) is 0 Å². The van der Waals surface area contributed by atoms with E-state index in [1.165, 1.54) is 0 Å². The van der Waals surface area contributed by atoms with Gasteiger partial charge in [-0.25, -0.2) is 4.79 Å². The van der Waals surface area contributed by atoms with E-state index in [1.54, 1.807) is 0 Å². The van der Waals surface area contributed by atoms with Gasteiger partial charge in [0.25, 0.3) is 5.56 Å². The largest absolute Gasteiger partial charge is 0.334 e. The zero-order valence-electron chi connectivity index (χ0n) is 17.3. The monoisotopic (exact) mass is 389 g/mol. The lowest BCUT2D eigenvalue weighted by atomic mass is 9.92. The van der Waals surface area contributed by atoms with E-state index in [9.17, 15) is 9.59 Å². The first-order valence-electron chi connectivity index (χ1n) is 9.61. The fourth-order valence-corrected chi connectivity index (χ4v) is 3.24. The Kier molecular flexibility index (Phi) is 5.59. The highest BCUT2D eigenvalue weighted by molar-refractivity contribution is 5.80. The number of benzene rings is 2. The van der Waals surface area contributed by atoms with E-state index in [4.69, 9.17) is 0 Å². The van der Waals surface area contributed by atoms with Gasteiger partial charge in [-0.15, -0.1) is 0 Å². The molecular weight excluding hydrogens is 362 g/mol. The van der Waals surface area contributed by atoms with Crippen LogP contribution in [-0.2, 0) is 12.1 Å². The first-order valence-corrected chi connectivity index (χ1v) is 9.61. The number of hydrogen-bond donors (Lipinski definition) is 3. The van der Waals surface area contributed by atoms with Gasteiger partial charge in [0.1, 0.15) is 0 Å². The normalized spacial score (nSPS) is 11.3. The van der Waals surface area contributed by atoms with Crippen LogP contribution in [-0.4, -0.2) is 11.0 Å². The van der Waals surface area contributed by atoms with Crippen LogP contribution in [0.1, 0.15) is 43.0 Å². The summed E-state index contributed by atoms with van der Waals surface area (Å²) in [7, 11) is 0. The van der Waals surface area contributed by atoms with Crippen LogP contribution >= 0.6 is 0 Å². The molecule has 0 spiro atoms. The van der Waals surface area contributed by atoms with Crippen molar-refractivity contribution in [1.82, 2.24) is 15.6 Å². The van der Waals surface area contributed by atoms with Crippen molar-refractivity contribution in [3.63, 3.8) is 0 Å². The predicted octanol–water partition coefficient (Wildman–Crippen LogP) is 4.60. The van der Waals surface area contributed by atoms with E-state index in [0.29, 0.717) is 5.56 Å². The third kappa shape index (κ3) is 4.74. The second-order valence-electron chi connectivity index (χ2n) is 8.01. The molecule has 0 aliphatic rings. The Labute approximate surface area is 170 Å². The second kappa shape index (κ2) is 7.95. The molecule has 0 aliphatic carbocycles. The van der Waals surface area contributed by atoms with Gasteiger partial charge in [-0.1, -0.05) is 42.5 Å². The number of urea groups is 1. The van der Waals surface area contributed by atoms with E-state index in [-0.39, 0.29) is 18.1 Å². The fraction of sp³-hybridized carbons (Fsp3) is 0.250. The summed E-state index contributed by atoms with van der Waals surface area (Å²) >= 11 is 0. The molecule has 3 N–H and O–H groups in total. The first-order chi connectivity index (χ1) is 13.7. The van der Waals surface area contributed by atoms with Crippen LogP contribution in [0.2, 0.25) is 0 Å². The van der Waals surface area contributed by atoms with Gasteiger partial charge >= 0.3 is 6.03 Å². The van der Waals surface area contributed by atoms with Crippen molar-refractivity contribution in [3.8, 4) is 0 Å². The Bertz CT molecular complexity index is 1140. The number of aromatic amines is 1. The molecule has 2 aromatic carbocycles. The summed E-state index contributed by atoms with van der Waals surface area (Å²) in [5.41, 5.74) is 4.59. The van der Waals surface area contributed by atoms with Crippen LogP contribution in [0.15, 0.2) is 59.9 Å². The Hall–Kier alpha value is -3.34. The number of fused-ring (bicyclic) bond motifs is 1.